The number of aryl methyl sites for hydroxylation is 1. The standard InChI is InChI=1S/C18H29N3O2/c1-13-5-7-14(8-6-13)16(11-19)21-10-9-15(12-21)20-17(22)23-18(2,3)4/h5-8,15-16H,9-12,19H2,1-4H3,(H,20,22). The summed E-state index contributed by atoms with van der Waals surface area (Å²) in [6.07, 6.45) is 0.575. The van der Waals surface area contributed by atoms with Gasteiger partial charge in [0.2, 0.25) is 0 Å². The van der Waals surface area contributed by atoms with Crippen molar-refractivity contribution >= 4 is 6.09 Å². The molecular formula is C18H29N3O2. The van der Waals surface area contributed by atoms with E-state index >= 15 is 0 Å². The summed E-state index contributed by atoms with van der Waals surface area (Å²) in [7, 11) is 0. The fourth-order valence-corrected chi connectivity index (χ4v) is 2.95. The third-order valence-electron chi connectivity index (χ3n) is 4.07. The molecule has 23 heavy (non-hydrogen) atoms. The SMILES string of the molecule is Cc1ccc(C(CN)N2CCC(NC(=O)OC(C)(C)C)C2)cc1. The topological polar surface area (TPSA) is 67.6 Å². The Balaban J connectivity index is 1.93. The number of alkyl carbamates (subject to hydrolysis) is 1. The Morgan fingerprint density at radius 1 is 1.39 bits per heavy atom. The van der Waals surface area contributed by atoms with Crippen molar-refractivity contribution in [2.75, 3.05) is 19.6 Å². The molecule has 0 spiro atoms. The summed E-state index contributed by atoms with van der Waals surface area (Å²) in [6.45, 7) is 9.99. The second-order valence-electron chi connectivity index (χ2n) is 7.29. The molecule has 0 bridgehead atoms. The van der Waals surface area contributed by atoms with Gasteiger partial charge in [0.05, 0.1) is 0 Å². The highest BCUT2D eigenvalue weighted by Crippen LogP contribution is 2.25. The molecule has 1 amide bonds. The molecule has 3 N–H and O–H groups in total. The molecule has 1 aliphatic heterocycles. The highest BCUT2D eigenvalue weighted by Gasteiger charge is 2.30. The van der Waals surface area contributed by atoms with E-state index in [1.165, 1.54) is 11.1 Å². The summed E-state index contributed by atoms with van der Waals surface area (Å²) in [6, 6.07) is 8.82. The summed E-state index contributed by atoms with van der Waals surface area (Å²) < 4.78 is 5.33. The zero-order valence-corrected chi connectivity index (χ0v) is 14.6. The van der Waals surface area contributed by atoms with Crippen molar-refractivity contribution in [3.63, 3.8) is 0 Å². The van der Waals surface area contributed by atoms with Gasteiger partial charge in [0.1, 0.15) is 5.60 Å². The number of benzene rings is 1. The van der Waals surface area contributed by atoms with Crippen LogP contribution in [0, 0.1) is 6.92 Å². The van der Waals surface area contributed by atoms with Gasteiger partial charge in [-0.3, -0.25) is 4.90 Å². The molecule has 1 aromatic carbocycles. The van der Waals surface area contributed by atoms with Gasteiger partial charge >= 0.3 is 6.09 Å². The van der Waals surface area contributed by atoms with Crippen molar-refractivity contribution in [1.82, 2.24) is 10.2 Å². The first-order valence-electron chi connectivity index (χ1n) is 8.28. The van der Waals surface area contributed by atoms with Gasteiger partial charge in [-0.05, 0) is 39.7 Å². The van der Waals surface area contributed by atoms with E-state index in [1.54, 1.807) is 0 Å². The first-order chi connectivity index (χ1) is 10.8. The number of carbonyl (C=O) groups is 1. The van der Waals surface area contributed by atoms with Gasteiger partial charge in [-0.15, -0.1) is 0 Å². The molecule has 1 aromatic rings. The Kier molecular flexibility index (Phi) is 5.65. The molecular weight excluding hydrogens is 290 g/mol. The smallest absolute Gasteiger partial charge is 0.407 e. The van der Waals surface area contributed by atoms with E-state index in [0.29, 0.717) is 6.54 Å². The molecule has 0 aromatic heterocycles. The maximum Gasteiger partial charge on any atom is 0.407 e. The van der Waals surface area contributed by atoms with E-state index in [2.05, 4.69) is 41.4 Å². The van der Waals surface area contributed by atoms with Gasteiger partial charge in [0, 0.05) is 31.7 Å². The van der Waals surface area contributed by atoms with Crippen LogP contribution in [0.5, 0.6) is 0 Å². The fraction of sp³-hybridized carbons (Fsp3) is 0.611. The molecule has 2 atom stereocenters. The largest absolute Gasteiger partial charge is 0.444 e. The van der Waals surface area contributed by atoms with Crippen LogP contribution < -0.4 is 11.1 Å². The normalized spacial score (nSPS) is 20.3. The van der Waals surface area contributed by atoms with E-state index < -0.39 is 5.60 Å². The number of rotatable bonds is 4. The van der Waals surface area contributed by atoms with Gasteiger partial charge in [-0.25, -0.2) is 4.79 Å². The molecule has 1 heterocycles. The van der Waals surface area contributed by atoms with Crippen LogP contribution in [0.25, 0.3) is 0 Å². The van der Waals surface area contributed by atoms with Crippen molar-refractivity contribution in [2.45, 2.75) is 51.8 Å². The molecule has 0 radical (unpaired) electrons. The number of likely N-dealkylation sites (tertiary alicyclic amines) is 1. The third-order valence-corrected chi connectivity index (χ3v) is 4.07. The number of nitrogens with one attached hydrogen (secondary N) is 1. The van der Waals surface area contributed by atoms with Crippen LogP contribution in [-0.4, -0.2) is 42.3 Å². The van der Waals surface area contributed by atoms with Crippen molar-refractivity contribution in [3.8, 4) is 0 Å². The molecule has 5 nitrogen and oxygen atoms in total. The van der Waals surface area contributed by atoms with Crippen LogP contribution in [-0.2, 0) is 4.74 Å². The lowest BCUT2D eigenvalue weighted by Crippen LogP contribution is -2.41. The minimum atomic E-state index is -0.468. The maximum absolute atomic E-state index is 11.9. The van der Waals surface area contributed by atoms with Crippen LogP contribution in [0.15, 0.2) is 24.3 Å². The number of hydrogen-bond donors (Lipinski definition) is 2. The van der Waals surface area contributed by atoms with Crippen molar-refractivity contribution in [1.29, 1.82) is 0 Å². The summed E-state index contributed by atoms with van der Waals surface area (Å²) in [5.74, 6) is 0. The quantitative estimate of drug-likeness (QED) is 0.895. The van der Waals surface area contributed by atoms with Gasteiger partial charge in [-0.1, -0.05) is 29.8 Å². The van der Waals surface area contributed by atoms with Gasteiger partial charge in [-0.2, -0.15) is 0 Å². The fourth-order valence-electron chi connectivity index (χ4n) is 2.95. The lowest BCUT2D eigenvalue weighted by Gasteiger charge is -2.27. The Hall–Kier alpha value is -1.59. The first kappa shape index (κ1) is 17.8. The summed E-state index contributed by atoms with van der Waals surface area (Å²) in [4.78, 5) is 14.2. The van der Waals surface area contributed by atoms with E-state index in [9.17, 15) is 4.79 Å². The molecule has 0 saturated carbocycles. The Bertz CT molecular complexity index is 522. The average molecular weight is 319 g/mol. The van der Waals surface area contributed by atoms with E-state index in [0.717, 1.165) is 19.5 Å². The van der Waals surface area contributed by atoms with Gasteiger partial charge < -0.3 is 15.8 Å². The van der Waals surface area contributed by atoms with Crippen LogP contribution in [0.1, 0.15) is 44.4 Å². The van der Waals surface area contributed by atoms with Crippen LogP contribution in [0.2, 0.25) is 0 Å². The second-order valence-corrected chi connectivity index (χ2v) is 7.29. The Morgan fingerprint density at radius 2 is 2.04 bits per heavy atom. The van der Waals surface area contributed by atoms with Gasteiger partial charge in [0.15, 0.2) is 0 Å². The molecule has 1 saturated heterocycles. The molecule has 1 aliphatic rings. The molecule has 1 fully saturated rings. The van der Waals surface area contributed by atoms with Crippen molar-refractivity contribution < 1.29 is 9.53 Å². The Morgan fingerprint density at radius 3 is 2.61 bits per heavy atom. The maximum atomic E-state index is 11.9. The van der Waals surface area contributed by atoms with Gasteiger partial charge in [0.25, 0.3) is 0 Å². The zero-order chi connectivity index (χ0) is 17.0. The molecule has 2 unspecified atom stereocenters. The third kappa shape index (κ3) is 5.22. The number of carbonyl (C=O) groups excluding carboxylic acids is 1. The highest BCUT2D eigenvalue weighted by atomic mass is 16.6. The highest BCUT2D eigenvalue weighted by molar-refractivity contribution is 5.68. The summed E-state index contributed by atoms with van der Waals surface area (Å²) in [5.41, 5.74) is 8.01. The minimum Gasteiger partial charge on any atom is -0.444 e. The predicted molar refractivity (Wildman–Crippen MR) is 92.3 cm³/mol. The van der Waals surface area contributed by atoms with Crippen LogP contribution in [0.4, 0.5) is 4.79 Å². The lowest BCUT2D eigenvalue weighted by atomic mass is 10.0. The van der Waals surface area contributed by atoms with Crippen LogP contribution >= 0.6 is 0 Å². The van der Waals surface area contributed by atoms with Crippen molar-refractivity contribution in [2.24, 2.45) is 5.73 Å². The monoisotopic (exact) mass is 319 g/mol. The average Bonchev–Trinajstić information content (AvgIpc) is 2.87. The van der Waals surface area contributed by atoms with E-state index in [4.69, 9.17) is 10.5 Å². The Labute approximate surface area is 139 Å². The lowest BCUT2D eigenvalue weighted by molar-refractivity contribution is 0.0504. The first-order valence-corrected chi connectivity index (χ1v) is 8.28. The number of ether oxygens (including phenoxy) is 1. The zero-order valence-electron chi connectivity index (χ0n) is 14.6. The number of nitrogens with zero attached hydrogens (tertiary/aromatic N) is 1. The number of amides is 1. The minimum absolute atomic E-state index is 0.115. The number of hydrogen-bond acceptors (Lipinski definition) is 4. The molecule has 0 aliphatic carbocycles. The molecule has 5 heteroatoms. The molecule has 2 rings (SSSR count). The second kappa shape index (κ2) is 7.32. The van der Waals surface area contributed by atoms with Crippen molar-refractivity contribution in [3.05, 3.63) is 35.4 Å². The summed E-state index contributed by atoms with van der Waals surface area (Å²) >= 11 is 0. The van der Waals surface area contributed by atoms with Crippen LogP contribution in [0.3, 0.4) is 0 Å². The number of nitrogens with two attached hydrogens (primary N) is 1. The molecule has 128 valence electrons. The van der Waals surface area contributed by atoms with E-state index in [1.807, 2.05) is 20.8 Å². The predicted octanol–water partition coefficient (Wildman–Crippen LogP) is 2.59. The summed E-state index contributed by atoms with van der Waals surface area (Å²) in [5, 5.41) is 2.96. The van der Waals surface area contributed by atoms with E-state index in [-0.39, 0.29) is 18.2 Å².